The molecule has 0 saturated carbocycles. The number of anilines is 1. The van der Waals surface area contributed by atoms with E-state index in [4.69, 9.17) is 16.3 Å². The average Bonchev–Trinajstić information content (AvgIpc) is 2.94. The zero-order valence-electron chi connectivity index (χ0n) is 13.8. The van der Waals surface area contributed by atoms with Gasteiger partial charge in [-0.05, 0) is 31.6 Å². The van der Waals surface area contributed by atoms with Crippen molar-refractivity contribution in [3.63, 3.8) is 0 Å². The van der Waals surface area contributed by atoms with E-state index in [1.165, 1.54) is 24.3 Å². The number of esters is 1. The average molecular weight is 396 g/mol. The van der Waals surface area contributed by atoms with Crippen LogP contribution in [-0.4, -0.2) is 28.4 Å². The van der Waals surface area contributed by atoms with E-state index in [2.05, 4.69) is 10.3 Å². The molecule has 0 saturated heterocycles. The van der Waals surface area contributed by atoms with Gasteiger partial charge in [-0.1, -0.05) is 29.0 Å². The fraction of sp³-hybridized carbons (Fsp3) is 0.188. The van der Waals surface area contributed by atoms with E-state index < -0.39 is 16.8 Å². The van der Waals surface area contributed by atoms with Crippen molar-refractivity contribution in [3.8, 4) is 0 Å². The molecule has 10 heteroatoms. The lowest BCUT2D eigenvalue weighted by atomic mass is 10.2. The number of amides is 1. The van der Waals surface area contributed by atoms with Crippen LogP contribution in [0, 0.1) is 17.0 Å². The number of rotatable bonds is 6. The Bertz CT molecular complexity index is 894. The summed E-state index contributed by atoms with van der Waals surface area (Å²) in [7, 11) is 0. The maximum atomic E-state index is 12.0. The van der Waals surface area contributed by atoms with Crippen molar-refractivity contribution in [2.75, 3.05) is 11.9 Å². The van der Waals surface area contributed by atoms with Gasteiger partial charge in [0.05, 0.1) is 17.2 Å². The molecule has 0 fully saturated rings. The molecular formula is C16H14ClN3O5S. The highest BCUT2D eigenvalue weighted by Crippen LogP contribution is 2.26. The van der Waals surface area contributed by atoms with E-state index in [1.807, 2.05) is 0 Å². The van der Waals surface area contributed by atoms with Crippen LogP contribution < -0.4 is 5.32 Å². The van der Waals surface area contributed by atoms with Crippen LogP contribution in [0.25, 0.3) is 6.08 Å². The highest BCUT2D eigenvalue weighted by molar-refractivity contribution is 7.17. The molecular weight excluding hydrogens is 382 g/mol. The number of benzene rings is 1. The second kappa shape index (κ2) is 8.54. The number of nitrogens with zero attached hydrogens (tertiary/aromatic N) is 2. The van der Waals surface area contributed by atoms with Gasteiger partial charge in [0.15, 0.2) is 5.13 Å². The summed E-state index contributed by atoms with van der Waals surface area (Å²) in [5.74, 6) is -0.987. The number of nitro benzene ring substituents is 1. The second-order valence-corrected chi connectivity index (χ2v) is 6.35. The highest BCUT2D eigenvalue weighted by Gasteiger charge is 2.17. The molecule has 26 heavy (non-hydrogen) atoms. The number of thiazole rings is 1. The van der Waals surface area contributed by atoms with Gasteiger partial charge in [-0.3, -0.25) is 20.2 Å². The molecule has 0 aliphatic carbocycles. The van der Waals surface area contributed by atoms with Crippen LogP contribution in [-0.2, 0) is 9.53 Å². The van der Waals surface area contributed by atoms with E-state index in [0.29, 0.717) is 16.1 Å². The summed E-state index contributed by atoms with van der Waals surface area (Å²) >= 11 is 6.74. The van der Waals surface area contributed by atoms with Gasteiger partial charge in [0.1, 0.15) is 9.90 Å². The summed E-state index contributed by atoms with van der Waals surface area (Å²) in [6.07, 6.45) is 2.61. The molecule has 0 aliphatic rings. The van der Waals surface area contributed by atoms with Gasteiger partial charge in [-0.2, -0.15) is 0 Å². The third kappa shape index (κ3) is 4.87. The number of carbonyl (C=O) groups is 2. The number of carbonyl (C=O) groups excluding carboxylic acids is 2. The van der Waals surface area contributed by atoms with Crippen molar-refractivity contribution < 1.29 is 19.2 Å². The number of nitro groups is 1. The van der Waals surface area contributed by atoms with Gasteiger partial charge in [0.2, 0.25) is 5.91 Å². The second-order valence-electron chi connectivity index (χ2n) is 4.94. The molecule has 2 rings (SSSR count). The van der Waals surface area contributed by atoms with E-state index in [-0.39, 0.29) is 22.4 Å². The number of ether oxygens (including phenoxy) is 1. The predicted molar refractivity (Wildman–Crippen MR) is 98.6 cm³/mol. The molecule has 1 N–H and O–H groups in total. The summed E-state index contributed by atoms with van der Waals surface area (Å²) in [6.45, 7) is 3.58. The lowest BCUT2D eigenvalue weighted by Gasteiger charge is -1.98. The minimum atomic E-state index is -0.602. The van der Waals surface area contributed by atoms with Crippen molar-refractivity contribution in [1.82, 2.24) is 4.98 Å². The largest absolute Gasteiger partial charge is 0.462 e. The molecule has 1 amide bonds. The molecule has 1 aromatic heterocycles. The van der Waals surface area contributed by atoms with Crippen LogP contribution in [0.1, 0.15) is 27.9 Å². The molecule has 136 valence electrons. The van der Waals surface area contributed by atoms with Crippen LogP contribution in [0.3, 0.4) is 0 Å². The van der Waals surface area contributed by atoms with Crippen molar-refractivity contribution >= 4 is 51.7 Å². The van der Waals surface area contributed by atoms with Gasteiger partial charge in [-0.25, -0.2) is 9.78 Å². The minimum absolute atomic E-state index is 0.0151. The lowest BCUT2D eigenvalue weighted by Crippen LogP contribution is -2.07. The van der Waals surface area contributed by atoms with E-state index in [0.717, 1.165) is 11.3 Å². The fourth-order valence-corrected chi connectivity index (χ4v) is 2.98. The van der Waals surface area contributed by atoms with Gasteiger partial charge in [0.25, 0.3) is 5.69 Å². The summed E-state index contributed by atoms with van der Waals surface area (Å²) in [6, 6.07) is 4.19. The van der Waals surface area contributed by atoms with E-state index >= 15 is 0 Å². The van der Waals surface area contributed by atoms with Gasteiger partial charge < -0.3 is 4.74 Å². The van der Waals surface area contributed by atoms with Crippen molar-refractivity contribution in [2.24, 2.45) is 0 Å². The van der Waals surface area contributed by atoms with E-state index in [9.17, 15) is 19.7 Å². The Labute approximate surface area is 157 Å². The Morgan fingerprint density at radius 1 is 1.46 bits per heavy atom. The van der Waals surface area contributed by atoms with E-state index in [1.54, 1.807) is 19.9 Å². The number of hydrogen-bond donors (Lipinski definition) is 1. The first-order valence-corrected chi connectivity index (χ1v) is 8.58. The van der Waals surface area contributed by atoms with Crippen molar-refractivity contribution in [3.05, 3.63) is 55.5 Å². The first-order valence-electron chi connectivity index (χ1n) is 7.39. The molecule has 8 nitrogen and oxygen atoms in total. The first kappa shape index (κ1) is 19.5. The Morgan fingerprint density at radius 2 is 2.19 bits per heavy atom. The van der Waals surface area contributed by atoms with Crippen LogP contribution in [0.2, 0.25) is 5.02 Å². The van der Waals surface area contributed by atoms with Gasteiger partial charge >= 0.3 is 5.97 Å². The maximum absolute atomic E-state index is 12.0. The topological polar surface area (TPSA) is 111 Å². The summed E-state index contributed by atoms with van der Waals surface area (Å²) < 4.78 is 4.91. The van der Waals surface area contributed by atoms with Gasteiger partial charge in [0, 0.05) is 12.1 Å². The van der Waals surface area contributed by atoms with Crippen LogP contribution in [0.15, 0.2) is 24.3 Å². The third-order valence-electron chi connectivity index (χ3n) is 3.08. The summed E-state index contributed by atoms with van der Waals surface area (Å²) in [4.78, 5) is 38.4. The fourth-order valence-electron chi connectivity index (χ4n) is 1.93. The smallest absolute Gasteiger partial charge is 0.350 e. The zero-order valence-corrected chi connectivity index (χ0v) is 15.4. The quantitative estimate of drug-likeness (QED) is 0.344. The molecule has 1 heterocycles. The Hall–Kier alpha value is -2.78. The zero-order chi connectivity index (χ0) is 19.3. The van der Waals surface area contributed by atoms with Gasteiger partial charge in [-0.15, -0.1) is 0 Å². The number of nitrogens with one attached hydrogen (secondary N) is 1. The molecule has 0 radical (unpaired) electrons. The monoisotopic (exact) mass is 395 g/mol. The van der Waals surface area contributed by atoms with Crippen LogP contribution in [0.4, 0.5) is 10.8 Å². The van der Waals surface area contributed by atoms with Crippen molar-refractivity contribution in [1.29, 1.82) is 0 Å². The molecule has 0 spiro atoms. The SMILES string of the molecule is CCOC(=O)c1sc(NC(=O)/C=C/c2ccc(Cl)c([N+](=O)[O-])c2)nc1C. The lowest BCUT2D eigenvalue weighted by molar-refractivity contribution is -0.384. The predicted octanol–water partition coefficient (Wildman–Crippen LogP) is 3.84. The number of halogens is 1. The Morgan fingerprint density at radius 3 is 2.85 bits per heavy atom. The molecule has 0 bridgehead atoms. The third-order valence-corrected chi connectivity index (χ3v) is 4.45. The Kier molecular flexibility index (Phi) is 6.42. The molecule has 2 aromatic rings. The summed E-state index contributed by atoms with van der Waals surface area (Å²) in [5.41, 5.74) is 0.656. The number of aryl methyl sites for hydroxylation is 1. The normalized spacial score (nSPS) is 10.7. The number of aromatic nitrogens is 1. The molecule has 1 aromatic carbocycles. The summed E-state index contributed by atoms with van der Waals surface area (Å²) in [5, 5.41) is 13.7. The first-order chi connectivity index (χ1) is 12.3. The highest BCUT2D eigenvalue weighted by atomic mass is 35.5. The molecule has 0 aliphatic heterocycles. The minimum Gasteiger partial charge on any atom is -0.462 e. The van der Waals surface area contributed by atoms with Crippen LogP contribution in [0.5, 0.6) is 0 Å². The molecule has 0 atom stereocenters. The maximum Gasteiger partial charge on any atom is 0.350 e. The standard InChI is InChI=1S/C16H14ClN3O5S/c1-3-25-15(22)14-9(2)18-16(26-14)19-13(21)7-5-10-4-6-11(17)12(8-10)20(23)24/h4-8H,3H2,1-2H3,(H,18,19,21)/b7-5+. The van der Waals surface area contributed by atoms with Crippen LogP contribution >= 0.6 is 22.9 Å². The van der Waals surface area contributed by atoms with Crippen molar-refractivity contribution in [2.45, 2.75) is 13.8 Å². The Balaban J connectivity index is 2.08. The molecule has 0 unspecified atom stereocenters. The number of hydrogen-bond acceptors (Lipinski definition) is 7.